The SMILES string of the molecule is COc1ccc(C=NNC(=O)C2CC2c2ccc(C(C)(C)C)cc2)cc1COc1cccc(Cl)c1Cl. The molecule has 1 amide bonds. The quantitative estimate of drug-likeness (QED) is 0.251. The fraction of sp³-hybridized carbons (Fsp3) is 0.310. The third kappa shape index (κ3) is 6.21. The van der Waals surface area contributed by atoms with Crippen molar-refractivity contribution in [2.24, 2.45) is 11.0 Å². The highest BCUT2D eigenvalue weighted by atomic mass is 35.5. The number of hydrazone groups is 1. The second kappa shape index (κ2) is 10.9. The van der Waals surface area contributed by atoms with Crippen molar-refractivity contribution in [2.75, 3.05) is 7.11 Å². The fourth-order valence-corrected chi connectivity index (χ4v) is 4.43. The summed E-state index contributed by atoms with van der Waals surface area (Å²) in [5, 5.41) is 4.96. The predicted molar refractivity (Wildman–Crippen MR) is 146 cm³/mol. The van der Waals surface area contributed by atoms with Crippen LogP contribution in [0.3, 0.4) is 0 Å². The van der Waals surface area contributed by atoms with E-state index < -0.39 is 0 Å². The van der Waals surface area contributed by atoms with E-state index in [1.165, 1.54) is 11.1 Å². The summed E-state index contributed by atoms with van der Waals surface area (Å²) in [6, 6.07) is 19.4. The molecule has 0 aromatic heterocycles. The number of hydrogen-bond acceptors (Lipinski definition) is 4. The van der Waals surface area contributed by atoms with Crippen LogP contribution in [-0.4, -0.2) is 19.2 Å². The van der Waals surface area contributed by atoms with E-state index in [-0.39, 0.29) is 29.8 Å². The van der Waals surface area contributed by atoms with Gasteiger partial charge in [0.1, 0.15) is 23.1 Å². The first kappa shape index (κ1) is 26.1. The molecule has 4 rings (SSSR count). The van der Waals surface area contributed by atoms with Gasteiger partial charge >= 0.3 is 0 Å². The number of hydrogen-bond donors (Lipinski definition) is 1. The Balaban J connectivity index is 1.35. The molecule has 3 aromatic rings. The molecule has 0 spiro atoms. The van der Waals surface area contributed by atoms with Crippen molar-refractivity contribution in [1.29, 1.82) is 0 Å². The molecule has 0 heterocycles. The van der Waals surface area contributed by atoms with E-state index in [2.05, 4.69) is 55.6 Å². The molecule has 1 saturated carbocycles. The molecule has 1 N–H and O–H groups in total. The highest BCUT2D eigenvalue weighted by Crippen LogP contribution is 2.47. The molecule has 0 aliphatic heterocycles. The number of nitrogens with one attached hydrogen (secondary N) is 1. The number of halogens is 2. The molecule has 0 bridgehead atoms. The fourth-order valence-electron chi connectivity index (χ4n) is 4.08. The van der Waals surface area contributed by atoms with Gasteiger partial charge in [-0.15, -0.1) is 0 Å². The van der Waals surface area contributed by atoms with E-state index in [9.17, 15) is 4.79 Å². The summed E-state index contributed by atoms with van der Waals surface area (Å²) < 4.78 is 11.3. The molecule has 1 fully saturated rings. The topological polar surface area (TPSA) is 59.9 Å². The lowest BCUT2D eigenvalue weighted by Gasteiger charge is -2.19. The van der Waals surface area contributed by atoms with Crippen LogP contribution in [0.2, 0.25) is 10.0 Å². The van der Waals surface area contributed by atoms with Crippen molar-refractivity contribution < 1.29 is 14.3 Å². The van der Waals surface area contributed by atoms with Gasteiger partial charge < -0.3 is 9.47 Å². The average molecular weight is 525 g/mol. The largest absolute Gasteiger partial charge is 0.496 e. The zero-order valence-electron chi connectivity index (χ0n) is 20.8. The molecule has 1 aliphatic rings. The van der Waals surface area contributed by atoms with Gasteiger partial charge in [-0.25, -0.2) is 5.43 Å². The van der Waals surface area contributed by atoms with Gasteiger partial charge in [0.2, 0.25) is 5.91 Å². The summed E-state index contributed by atoms with van der Waals surface area (Å²) in [5.74, 6) is 1.29. The van der Waals surface area contributed by atoms with Crippen LogP contribution in [0.15, 0.2) is 65.8 Å². The third-order valence-electron chi connectivity index (χ3n) is 6.32. The van der Waals surface area contributed by atoms with Gasteiger partial charge in [-0.2, -0.15) is 5.10 Å². The highest BCUT2D eigenvalue weighted by molar-refractivity contribution is 6.42. The van der Waals surface area contributed by atoms with E-state index in [4.69, 9.17) is 32.7 Å². The minimum absolute atomic E-state index is 0.0510. The van der Waals surface area contributed by atoms with E-state index in [1.54, 1.807) is 31.5 Å². The molecule has 5 nitrogen and oxygen atoms in total. The first-order valence-corrected chi connectivity index (χ1v) is 12.6. The molecule has 7 heteroatoms. The monoisotopic (exact) mass is 524 g/mol. The number of amides is 1. The zero-order valence-corrected chi connectivity index (χ0v) is 22.4. The number of carbonyl (C=O) groups excluding carboxylic acids is 1. The van der Waals surface area contributed by atoms with Crippen LogP contribution in [-0.2, 0) is 16.8 Å². The van der Waals surface area contributed by atoms with Gasteiger partial charge in [-0.05, 0) is 64.8 Å². The molecule has 188 valence electrons. The second-order valence-electron chi connectivity index (χ2n) is 9.97. The number of nitrogens with zero attached hydrogens (tertiary/aromatic N) is 1. The van der Waals surface area contributed by atoms with Crippen LogP contribution in [0.1, 0.15) is 55.4 Å². The third-order valence-corrected chi connectivity index (χ3v) is 7.13. The lowest BCUT2D eigenvalue weighted by atomic mass is 9.86. The summed E-state index contributed by atoms with van der Waals surface area (Å²) >= 11 is 12.3. The Kier molecular flexibility index (Phi) is 7.91. The Bertz CT molecular complexity index is 1270. The molecule has 0 saturated heterocycles. The van der Waals surface area contributed by atoms with Crippen molar-refractivity contribution in [3.05, 3.63) is 93.0 Å². The van der Waals surface area contributed by atoms with Crippen LogP contribution in [0.5, 0.6) is 11.5 Å². The minimum Gasteiger partial charge on any atom is -0.496 e. The Labute approximate surface area is 222 Å². The smallest absolute Gasteiger partial charge is 0.243 e. The van der Waals surface area contributed by atoms with Crippen LogP contribution >= 0.6 is 23.2 Å². The maximum atomic E-state index is 12.6. The molecule has 0 radical (unpaired) electrons. The maximum absolute atomic E-state index is 12.6. The van der Waals surface area contributed by atoms with Crippen LogP contribution in [0, 0.1) is 5.92 Å². The molecule has 1 aliphatic carbocycles. The second-order valence-corrected chi connectivity index (χ2v) is 10.8. The number of methoxy groups -OCH3 is 1. The Hall–Kier alpha value is -3.02. The summed E-state index contributed by atoms with van der Waals surface area (Å²) in [6.07, 6.45) is 2.45. The molecule has 2 atom stereocenters. The zero-order chi connectivity index (χ0) is 25.9. The van der Waals surface area contributed by atoms with E-state index in [0.717, 1.165) is 17.5 Å². The standard InChI is InChI=1S/C29H30Cl2N2O3/c1-29(2,3)21-11-9-19(10-12-21)22-15-23(22)28(34)33-32-16-18-8-13-25(35-4)20(14-18)17-36-26-7-5-6-24(30)27(26)31/h5-14,16,22-23H,15,17H2,1-4H3,(H,33,34). The van der Waals surface area contributed by atoms with E-state index >= 15 is 0 Å². The van der Waals surface area contributed by atoms with E-state index in [1.807, 2.05) is 18.2 Å². The maximum Gasteiger partial charge on any atom is 0.243 e. The lowest BCUT2D eigenvalue weighted by Crippen LogP contribution is -2.20. The molecule has 2 unspecified atom stereocenters. The van der Waals surface area contributed by atoms with Gasteiger partial charge in [-0.3, -0.25) is 4.79 Å². The van der Waals surface area contributed by atoms with Crippen molar-refractivity contribution >= 4 is 35.3 Å². The first-order valence-electron chi connectivity index (χ1n) is 11.8. The van der Waals surface area contributed by atoms with Crippen molar-refractivity contribution in [3.8, 4) is 11.5 Å². The summed E-state index contributed by atoms with van der Waals surface area (Å²) in [6.45, 7) is 6.82. The average Bonchev–Trinajstić information content (AvgIpc) is 3.66. The van der Waals surface area contributed by atoms with Crippen LogP contribution < -0.4 is 14.9 Å². The van der Waals surface area contributed by atoms with Crippen molar-refractivity contribution in [1.82, 2.24) is 5.43 Å². The summed E-state index contributed by atoms with van der Waals surface area (Å²) in [5.41, 5.74) is 6.90. The normalized spacial score (nSPS) is 17.2. The van der Waals surface area contributed by atoms with Crippen molar-refractivity contribution in [2.45, 2.75) is 45.1 Å². The molecular formula is C29H30Cl2N2O3. The molecular weight excluding hydrogens is 495 g/mol. The van der Waals surface area contributed by atoms with E-state index in [0.29, 0.717) is 21.5 Å². The van der Waals surface area contributed by atoms with Crippen LogP contribution in [0.4, 0.5) is 0 Å². The Morgan fingerprint density at radius 1 is 1.08 bits per heavy atom. The van der Waals surface area contributed by atoms with Gasteiger partial charge in [-0.1, -0.05) is 74.3 Å². The van der Waals surface area contributed by atoms with Gasteiger partial charge in [0.05, 0.1) is 18.3 Å². The predicted octanol–water partition coefficient (Wildman–Crippen LogP) is 7.13. The lowest BCUT2D eigenvalue weighted by molar-refractivity contribution is -0.122. The molecule has 36 heavy (non-hydrogen) atoms. The van der Waals surface area contributed by atoms with Gasteiger partial charge in [0.25, 0.3) is 0 Å². The Morgan fingerprint density at radius 2 is 1.83 bits per heavy atom. The minimum atomic E-state index is -0.0659. The summed E-state index contributed by atoms with van der Waals surface area (Å²) in [4.78, 5) is 12.6. The molecule has 3 aromatic carbocycles. The van der Waals surface area contributed by atoms with Crippen molar-refractivity contribution in [3.63, 3.8) is 0 Å². The number of carbonyl (C=O) groups is 1. The number of benzene rings is 3. The van der Waals surface area contributed by atoms with Gasteiger partial charge in [0.15, 0.2) is 0 Å². The first-order chi connectivity index (χ1) is 17.2. The van der Waals surface area contributed by atoms with Crippen LogP contribution in [0.25, 0.3) is 0 Å². The number of ether oxygens (including phenoxy) is 2. The Morgan fingerprint density at radius 3 is 2.53 bits per heavy atom. The van der Waals surface area contributed by atoms with Gasteiger partial charge in [0, 0.05) is 11.5 Å². The highest BCUT2D eigenvalue weighted by Gasteiger charge is 2.44. The summed E-state index contributed by atoms with van der Waals surface area (Å²) in [7, 11) is 1.60. The number of rotatable bonds is 8.